The topological polar surface area (TPSA) is 71.5 Å². The van der Waals surface area contributed by atoms with Crippen LogP contribution in [0.5, 0.6) is 0 Å². The molecule has 1 aromatic rings. The molecule has 6 heteroatoms. The number of nitrogens with one attached hydrogen (secondary N) is 1. The van der Waals surface area contributed by atoms with Crippen LogP contribution in [0.3, 0.4) is 0 Å². The molecular weight excluding hydrogens is 306 g/mol. The molecule has 1 aromatic heterocycles. The number of carbonyl (C=O) groups is 2. The minimum absolute atomic E-state index is 0.0178. The number of aromatic nitrogens is 1. The van der Waals surface area contributed by atoms with Crippen LogP contribution in [-0.2, 0) is 14.3 Å². The van der Waals surface area contributed by atoms with Crippen molar-refractivity contribution in [2.24, 2.45) is 0 Å². The van der Waals surface area contributed by atoms with Gasteiger partial charge in [0.15, 0.2) is 6.10 Å². The number of ether oxygens (including phenoxy) is 1. The van der Waals surface area contributed by atoms with Crippen LogP contribution in [0.25, 0.3) is 0 Å². The average Bonchev–Trinajstić information content (AvgIpc) is 3.31. The highest BCUT2D eigenvalue weighted by Gasteiger charge is 2.47. The van der Waals surface area contributed by atoms with E-state index in [9.17, 15) is 9.59 Å². The number of nitrogens with zero attached hydrogens (tertiary/aromatic N) is 2. The second kappa shape index (κ2) is 6.51. The molecule has 3 fully saturated rings. The first-order valence-electron chi connectivity index (χ1n) is 8.87. The Morgan fingerprint density at radius 2 is 2.04 bits per heavy atom. The lowest BCUT2D eigenvalue weighted by molar-refractivity contribution is -0.165. The molecule has 0 spiro atoms. The quantitative estimate of drug-likeness (QED) is 0.910. The largest absolute Gasteiger partial charge is 0.356 e. The number of hydrogen-bond acceptors (Lipinski definition) is 4. The van der Waals surface area contributed by atoms with Crippen molar-refractivity contribution in [1.82, 2.24) is 15.2 Å². The van der Waals surface area contributed by atoms with E-state index >= 15 is 0 Å². The van der Waals surface area contributed by atoms with E-state index in [2.05, 4.69) is 10.3 Å². The highest BCUT2D eigenvalue weighted by atomic mass is 16.5. The predicted octanol–water partition coefficient (Wildman–Crippen LogP) is 1.57. The van der Waals surface area contributed by atoms with Crippen molar-refractivity contribution >= 4 is 11.8 Å². The fourth-order valence-electron chi connectivity index (χ4n) is 3.87. The zero-order valence-electron chi connectivity index (χ0n) is 13.7. The van der Waals surface area contributed by atoms with E-state index in [-0.39, 0.29) is 36.5 Å². The van der Waals surface area contributed by atoms with Crippen LogP contribution in [0.1, 0.15) is 50.1 Å². The summed E-state index contributed by atoms with van der Waals surface area (Å²) in [5, 5.41) is 3.12. The van der Waals surface area contributed by atoms with Gasteiger partial charge in [-0.3, -0.25) is 14.6 Å². The molecule has 0 bridgehead atoms. The summed E-state index contributed by atoms with van der Waals surface area (Å²) in [6.45, 7) is -0.0178. The average molecular weight is 329 g/mol. The lowest BCUT2D eigenvalue weighted by Crippen LogP contribution is -2.56. The number of pyridine rings is 1. The third-order valence-corrected chi connectivity index (χ3v) is 5.19. The lowest BCUT2D eigenvalue weighted by atomic mass is 9.98. The van der Waals surface area contributed by atoms with E-state index in [1.165, 1.54) is 0 Å². The number of morpholine rings is 1. The molecule has 0 radical (unpaired) electrons. The van der Waals surface area contributed by atoms with Gasteiger partial charge in [-0.25, -0.2) is 0 Å². The van der Waals surface area contributed by atoms with Crippen molar-refractivity contribution in [3.05, 3.63) is 30.1 Å². The van der Waals surface area contributed by atoms with Gasteiger partial charge < -0.3 is 15.0 Å². The molecule has 2 saturated carbocycles. The van der Waals surface area contributed by atoms with E-state index in [0.717, 1.165) is 44.1 Å². The minimum atomic E-state index is -0.659. The molecule has 1 N–H and O–H groups in total. The smallest absolute Gasteiger partial charge is 0.251 e. The monoisotopic (exact) mass is 329 g/mol. The van der Waals surface area contributed by atoms with Crippen molar-refractivity contribution in [3.8, 4) is 0 Å². The second-order valence-corrected chi connectivity index (χ2v) is 6.98. The van der Waals surface area contributed by atoms with E-state index in [1.54, 1.807) is 12.4 Å². The zero-order chi connectivity index (χ0) is 16.5. The van der Waals surface area contributed by atoms with Gasteiger partial charge in [0, 0.05) is 24.5 Å². The van der Waals surface area contributed by atoms with Crippen LogP contribution in [0.4, 0.5) is 0 Å². The van der Waals surface area contributed by atoms with Gasteiger partial charge in [0.2, 0.25) is 5.91 Å². The molecule has 128 valence electrons. The summed E-state index contributed by atoms with van der Waals surface area (Å²) in [7, 11) is 0. The summed E-state index contributed by atoms with van der Waals surface area (Å²) in [4.78, 5) is 31.3. The van der Waals surface area contributed by atoms with Crippen LogP contribution in [0, 0.1) is 0 Å². The molecule has 2 aliphatic carbocycles. The van der Waals surface area contributed by atoms with Gasteiger partial charge >= 0.3 is 0 Å². The Labute approximate surface area is 141 Å². The summed E-state index contributed by atoms with van der Waals surface area (Å²) >= 11 is 0. The molecule has 2 amide bonds. The first-order valence-corrected chi connectivity index (χ1v) is 8.87. The SMILES string of the molecule is O=C(NC1CCCC1)[C@H]1OCC(=O)N(C2CC2)[C@@H]1c1cccnc1. The van der Waals surface area contributed by atoms with Gasteiger partial charge in [-0.05, 0) is 37.3 Å². The molecule has 0 aromatic carbocycles. The first kappa shape index (κ1) is 15.6. The number of carbonyl (C=O) groups excluding carboxylic acids is 2. The van der Waals surface area contributed by atoms with Crippen LogP contribution in [0.15, 0.2) is 24.5 Å². The Bertz CT molecular complexity index is 611. The maximum Gasteiger partial charge on any atom is 0.251 e. The Balaban J connectivity index is 1.60. The Morgan fingerprint density at radius 3 is 2.71 bits per heavy atom. The van der Waals surface area contributed by atoms with Crippen molar-refractivity contribution in [2.75, 3.05) is 6.61 Å². The normalized spacial score (nSPS) is 28.2. The van der Waals surface area contributed by atoms with Crippen LogP contribution >= 0.6 is 0 Å². The number of hydrogen-bond donors (Lipinski definition) is 1. The summed E-state index contributed by atoms with van der Waals surface area (Å²) < 4.78 is 5.71. The maximum absolute atomic E-state index is 12.8. The van der Waals surface area contributed by atoms with Crippen molar-refractivity contribution in [3.63, 3.8) is 0 Å². The summed E-state index contributed by atoms with van der Waals surface area (Å²) in [6, 6.07) is 3.85. The molecule has 3 aliphatic rings. The molecule has 1 saturated heterocycles. The molecule has 2 heterocycles. The Morgan fingerprint density at radius 1 is 1.25 bits per heavy atom. The van der Waals surface area contributed by atoms with Crippen LogP contribution in [0.2, 0.25) is 0 Å². The summed E-state index contributed by atoms with van der Waals surface area (Å²) in [5.41, 5.74) is 0.865. The predicted molar refractivity (Wildman–Crippen MR) is 87.0 cm³/mol. The Hall–Kier alpha value is -1.95. The fraction of sp³-hybridized carbons (Fsp3) is 0.611. The summed E-state index contributed by atoms with van der Waals surface area (Å²) in [6.07, 6.45) is 9.15. The highest BCUT2D eigenvalue weighted by Crippen LogP contribution is 2.39. The summed E-state index contributed by atoms with van der Waals surface area (Å²) in [5.74, 6) is -0.134. The van der Waals surface area contributed by atoms with E-state index in [4.69, 9.17) is 4.74 Å². The van der Waals surface area contributed by atoms with Crippen molar-refractivity contribution < 1.29 is 14.3 Å². The molecule has 4 rings (SSSR count). The molecule has 0 unspecified atom stereocenters. The third-order valence-electron chi connectivity index (χ3n) is 5.19. The van der Waals surface area contributed by atoms with Crippen LogP contribution < -0.4 is 5.32 Å². The van der Waals surface area contributed by atoms with Gasteiger partial charge in [0.05, 0.1) is 6.04 Å². The van der Waals surface area contributed by atoms with Gasteiger partial charge in [0.1, 0.15) is 6.61 Å². The zero-order valence-corrected chi connectivity index (χ0v) is 13.7. The van der Waals surface area contributed by atoms with Gasteiger partial charge in [-0.2, -0.15) is 0 Å². The first-order chi connectivity index (χ1) is 11.7. The fourth-order valence-corrected chi connectivity index (χ4v) is 3.87. The Kier molecular flexibility index (Phi) is 4.22. The van der Waals surface area contributed by atoms with Crippen molar-refractivity contribution in [2.45, 2.75) is 62.8 Å². The highest BCUT2D eigenvalue weighted by molar-refractivity contribution is 5.87. The second-order valence-electron chi connectivity index (χ2n) is 6.98. The van der Waals surface area contributed by atoms with Crippen molar-refractivity contribution in [1.29, 1.82) is 0 Å². The third kappa shape index (κ3) is 3.02. The molecule has 6 nitrogen and oxygen atoms in total. The van der Waals surface area contributed by atoms with E-state index < -0.39 is 6.10 Å². The van der Waals surface area contributed by atoms with Crippen LogP contribution in [-0.4, -0.2) is 46.5 Å². The van der Waals surface area contributed by atoms with Gasteiger partial charge in [-0.15, -0.1) is 0 Å². The number of amides is 2. The standard InChI is InChI=1S/C18H23N3O3/c22-15-11-24-17(18(23)20-13-5-1-2-6-13)16(21(15)14-7-8-14)12-4-3-9-19-10-12/h3-4,9-10,13-14,16-17H,1-2,5-8,11H2,(H,20,23)/t16-,17+/m1/s1. The molecular formula is C18H23N3O3. The van der Waals surface area contributed by atoms with E-state index in [0.29, 0.717) is 0 Å². The minimum Gasteiger partial charge on any atom is -0.356 e. The van der Waals surface area contributed by atoms with Gasteiger partial charge in [-0.1, -0.05) is 18.9 Å². The maximum atomic E-state index is 12.8. The lowest BCUT2D eigenvalue weighted by Gasteiger charge is -2.41. The molecule has 1 aliphatic heterocycles. The molecule has 2 atom stereocenters. The van der Waals surface area contributed by atoms with Gasteiger partial charge in [0.25, 0.3) is 5.91 Å². The number of rotatable bonds is 4. The van der Waals surface area contributed by atoms with E-state index in [1.807, 2.05) is 17.0 Å². The molecule has 24 heavy (non-hydrogen) atoms.